The molecule has 0 radical (unpaired) electrons. The highest BCUT2D eigenvalue weighted by Crippen LogP contribution is 1.91. The van der Waals surface area contributed by atoms with E-state index in [2.05, 4.69) is 0 Å². The van der Waals surface area contributed by atoms with Crippen LogP contribution >= 0.6 is 0 Å². The maximum atomic E-state index is 11.4. The van der Waals surface area contributed by atoms with E-state index in [1.165, 1.54) is 15.5 Å². The Bertz CT molecular complexity index is 467. The Hall–Kier alpha value is -2.15. The highest BCUT2D eigenvalue weighted by Gasteiger charge is 2.12. The van der Waals surface area contributed by atoms with Crippen LogP contribution in [0.2, 0.25) is 0 Å². The highest BCUT2D eigenvalue weighted by atomic mass is 16.4. The number of carbonyl (C=O) groups excluding carboxylic acids is 1. The molecule has 0 aromatic carbocycles. The number of pyridine rings is 1. The van der Waals surface area contributed by atoms with Crippen molar-refractivity contribution in [2.24, 2.45) is 5.73 Å². The molecule has 3 N–H and O–H groups in total. The van der Waals surface area contributed by atoms with Gasteiger partial charge in [0.05, 0.1) is 13.1 Å². The molecule has 98 valence electrons. The van der Waals surface area contributed by atoms with Gasteiger partial charge in [0.2, 0.25) is 5.91 Å². The molecule has 1 heterocycles. The number of nitrogens with zero attached hydrogens (tertiary/aromatic N) is 2. The van der Waals surface area contributed by atoms with Gasteiger partial charge in [-0.05, 0) is 6.07 Å². The van der Waals surface area contributed by atoms with Crippen LogP contribution in [-0.2, 0) is 16.1 Å². The normalized spacial score (nSPS) is 10.5. The van der Waals surface area contributed by atoms with Crippen LogP contribution in [0, 0.1) is 0 Å². The van der Waals surface area contributed by atoms with E-state index in [-0.39, 0.29) is 25.2 Å². The Morgan fingerprint density at radius 2 is 2.06 bits per heavy atom. The molecule has 0 atom stereocenters. The van der Waals surface area contributed by atoms with Crippen LogP contribution in [0.25, 0.3) is 0 Å². The molecule has 1 aromatic heterocycles. The van der Waals surface area contributed by atoms with E-state index in [4.69, 9.17) is 10.8 Å². The molecule has 1 rings (SSSR count). The average Bonchev–Trinajstić information content (AvgIpc) is 2.26. The fourth-order valence-electron chi connectivity index (χ4n) is 1.52. The average molecular weight is 253 g/mol. The van der Waals surface area contributed by atoms with Crippen LogP contribution < -0.4 is 11.3 Å². The summed E-state index contributed by atoms with van der Waals surface area (Å²) >= 11 is 0. The van der Waals surface area contributed by atoms with Crippen molar-refractivity contribution in [2.45, 2.75) is 6.54 Å². The summed E-state index contributed by atoms with van der Waals surface area (Å²) in [6.07, 6.45) is 1.60. The summed E-state index contributed by atoms with van der Waals surface area (Å²) in [6.45, 7) is 0.137. The van der Waals surface area contributed by atoms with E-state index < -0.39 is 11.9 Å². The third-order valence-electron chi connectivity index (χ3n) is 2.29. The monoisotopic (exact) mass is 253 g/mol. The molecule has 0 fully saturated rings. The van der Waals surface area contributed by atoms with Crippen molar-refractivity contribution < 1.29 is 14.7 Å². The molecule has 0 spiro atoms. The number of hydrogen-bond donors (Lipinski definition) is 2. The first-order valence-corrected chi connectivity index (χ1v) is 5.37. The first-order valence-electron chi connectivity index (χ1n) is 5.37. The number of aromatic nitrogens is 1. The van der Waals surface area contributed by atoms with Crippen LogP contribution in [0.3, 0.4) is 0 Å². The molecule has 18 heavy (non-hydrogen) atoms. The largest absolute Gasteiger partial charge is 0.480 e. The van der Waals surface area contributed by atoms with Gasteiger partial charge in [0, 0.05) is 25.4 Å². The quantitative estimate of drug-likeness (QED) is 0.629. The maximum Gasteiger partial charge on any atom is 0.317 e. The number of rotatable bonds is 7. The summed E-state index contributed by atoms with van der Waals surface area (Å²) in [4.78, 5) is 34.2. The van der Waals surface area contributed by atoms with Gasteiger partial charge in [0.15, 0.2) is 0 Å². The van der Waals surface area contributed by atoms with Gasteiger partial charge in [-0.15, -0.1) is 0 Å². The third-order valence-corrected chi connectivity index (χ3v) is 2.29. The van der Waals surface area contributed by atoms with E-state index in [9.17, 15) is 14.4 Å². The second kappa shape index (κ2) is 6.55. The first kappa shape index (κ1) is 13.9. The lowest BCUT2D eigenvalue weighted by Gasteiger charge is -2.18. The number of carboxylic acids is 1. The molecule has 1 aromatic rings. The van der Waals surface area contributed by atoms with Gasteiger partial charge in [-0.1, -0.05) is 6.07 Å². The molecule has 0 aliphatic rings. The fraction of sp³-hybridized carbons (Fsp3) is 0.364. The lowest BCUT2D eigenvalue weighted by Crippen LogP contribution is -2.40. The summed E-state index contributed by atoms with van der Waals surface area (Å²) in [5.74, 6) is -1.65. The van der Waals surface area contributed by atoms with Crippen molar-refractivity contribution in [3.05, 3.63) is 34.7 Å². The predicted molar refractivity (Wildman–Crippen MR) is 64.0 cm³/mol. The molecule has 0 bridgehead atoms. The second-order valence-corrected chi connectivity index (χ2v) is 3.80. The van der Waals surface area contributed by atoms with Crippen molar-refractivity contribution >= 4 is 11.9 Å². The summed E-state index contributed by atoms with van der Waals surface area (Å²) in [6, 6.07) is 4.74. The third kappa shape index (κ3) is 4.79. The molecule has 0 saturated heterocycles. The van der Waals surface area contributed by atoms with Crippen LogP contribution in [0.1, 0.15) is 0 Å². The van der Waals surface area contributed by atoms with Crippen molar-refractivity contribution in [3.8, 4) is 0 Å². The van der Waals surface area contributed by atoms with Crippen molar-refractivity contribution in [1.29, 1.82) is 0 Å². The Labute approximate surface area is 103 Å². The first-order chi connectivity index (χ1) is 8.49. The maximum absolute atomic E-state index is 11.4. The minimum Gasteiger partial charge on any atom is -0.480 e. The highest BCUT2D eigenvalue weighted by molar-refractivity contribution is 5.77. The Morgan fingerprint density at radius 1 is 1.33 bits per heavy atom. The number of amides is 1. The van der Waals surface area contributed by atoms with Gasteiger partial charge in [0.1, 0.15) is 0 Å². The van der Waals surface area contributed by atoms with Gasteiger partial charge in [0.25, 0.3) is 5.56 Å². The van der Waals surface area contributed by atoms with Gasteiger partial charge in [-0.2, -0.15) is 0 Å². The van der Waals surface area contributed by atoms with Gasteiger partial charge < -0.3 is 15.4 Å². The van der Waals surface area contributed by atoms with Crippen LogP contribution in [0.15, 0.2) is 29.2 Å². The van der Waals surface area contributed by atoms with Crippen molar-refractivity contribution in [3.63, 3.8) is 0 Å². The predicted octanol–water partition coefficient (Wildman–Crippen LogP) is -1.28. The number of carbonyl (C=O) groups is 2. The molecule has 1 amide bonds. The summed E-state index contributed by atoms with van der Waals surface area (Å²) in [5, 5.41) is 8.69. The smallest absolute Gasteiger partial charge is 0.317 e. The number of primary amides is 1. The SMILES string of the molecule is NC(=O)CN(CCn1ccccc1=O)CC(=O)O. The summed E-state index contributed by atoms with van der Waals surface area (Å²) < 4.78 is 1.44. The molecule has 0 aliphatic carbocycles. The van der Waals surface area contributed by atoms with Gasteiger partial charge in [-0.25, -0.2) is 0 Å². The molecule has 0 aliphatic heterocycles. The lowest BCUT2D eigenvalue weighted by atomic mass is 10.4. The Kier molecular flexibility index (Phi) is 5.06. The summed E-state index contributed by atoms with van der Waals surface area (Å²) in [7, 11) is 0. The topological polar surface area (TPSA) is 106 Å². The minimum absolute atomic E-state index is 0.145. The van der Waals surface area contributed by atoms with E-state index in [0.29, 0.717) is 6.54 Å². The van der Waals surface area contributed by atoms with E-state index in [1.54, 1.807) is 18.3 Å². The molecule has 7 nitrogen and oxygen atoms in total. The zero-order chi connectivity index (χ0) is 13.5. The lowest BCUT2D eigenvalue weighted by molar-refractivity contribution is -0.138. The number of nitrogens with two attached hydrogens (primary N) is 1. The minimum atomic E-state index is -1.04. The van der Waals surface area contributed by atoms with Crippen LogP contribution in [0.4, 0.5) is 0 Å². The van der Waals surface area contributed by atoms with E-state index >= 15 is 0 Å². The second-order valence-electron chi connectivity index (χ2n) is 3.80. The zero-order valence-corrected chi connectivity index (χ0v) is 9.78. The van der Waals surface area contributed by atoms with E-state index in [1.807, 2.05) is 0 Å². The standard InChI is InChI=1S/C11H15N3O4/c12-9(15)7-13(8-11(17)18)5-6-14-4-2-1-3-10(14)16/h1-4H,5-8H2,(H2,12,15)(H,17,18). The van der Waals surface area contributed by atoms with Crippen molar-refractivity contribution in [2.75, 3.05) is 19.6 Å². The van der Waals surface area contributed by atoms with Crippen molar-refractivity contribution in [1.82, 2.24) is 9.47 Å². The molecular weight excluding hydrogens is 238 g/mol. The van der Waals surface area contributed by atoms with Crippen LogP contribution in [0.5, 0.6) is 0 Å². The Morgan fingerprint density at radius 3 is 2.61 bits per heavy atom. The van der Waals surface area contributed by atoms with E-state index in [0.717, 1.165) is 0 Å². The summed E-state index contributed by atoms with van der Waals surface area (Å²) in [5.41, 5.74) is 4.85. The molecule has 0 unspecified atom stereocenters. The molecule has 0 saturated carbocycles. The molecule has 7 heteroatoms. The van der Waals surface area contributed by atoms with Gasteiger partial charge >= 0.3 is 5.97 Å². The Balaban J connectivity index is 2.61. The van der Waals surface area contributed by atoms with Gasteiger partial charge in [-0.3, -0.25) is 19.3 Å². The number of hydrogen-bond acceptors (Lipinski definition) is 4. The fourth-order valence-corrected chi connectivity index (χ4v) is 1.52. The molecular formula is C11H15N3O4. The number of aliphatic carboxylic acids is 1. The van der Waals surface area contributed by atoms with Crippen LogP contribution in [-0.4, -0.2) is 46.1 Å². The number of carboxylic acid groups (broad SMARTS) is 1. The zero-order valence-electron chi connectivity index (χ0n) is 9.78.